The lowest BCUT2D eigenvalue weighted by Crippen LogP contribution is -2.47. The Morgan fingerprint density at radius 2 is 0.842 bits per heavy atom. The van der Waals surface area contributed by atoms with Crippen LogP contribution in [0.2, 0.25) is 0 Å². The molecule has 2 unspecified atom stereocenters. The van der Waals surface area contributed by atoms with Crippen molar-refractivity contribution in [3.05, 3.63) is 72.9 Å². The molecule has 0 rings (SSSR count). The Hall–Kier alpha value is -2.22. The molecule has 0 heterocycles. The number of aliphatic hydroxyl groups excluding tert-OH is 1. The minimum Gasteiger partial charge on any atom is -0.391 e. The third kappa shape index (κ3) is 44.7. The average molecular weight is 816 g/mol. The zero-order valence-corrected chi connectivity index (χ0v) is 37.8. The SMILES string of the molecule is CC/C=C\C/C=C\C/C=C\C/C=C\C/C=C\C/C=C\CCCCC(=O)NC(CS(=O)(=O)O)C(O)CCCCCCCCCCCCCCCCCCCCCCC. The molecule has 6 nitrogen and oxygen atoms in total. The highest BCUT2D eigenvalue weighted by Gasteiger charge is 2.26. The van der Waals surface area contributed by atoms with Gasteiger partial charge in [0.2, 0.25) is 5.91 Å². The van der Waals surface area contributed by atoms with Crippen molar-refractivity contribution in [3.63, 3.8) is 0 Å². The highest BCUT2D eigenvalue weighted by molar-refractivity contribution is 7.85. The van der Waals surface area contributed by atoms with E-state index < -0.39 is 28.0 Å². The van der Waals surface area contributed by atoms with Crippen LogP contribution in [0, 0.1) is 0 Å². The summed E-state index contributed by atoms with van der Waals surface area (Å²) in [7, 11) is -4.33. The zero-order valence-electron chi connectivity index (χ0n) is 36.9. The Morgan fingerprint density at radius 1 is 0.491 bits per heavy atom. The van der Waals surface area contributed by atoms with Gasteiger partial charge in [0.05, 0.1) is 17.9 Å². The van der Waals surface area contributed by atoms with Crippen LogP contribution in [0.1, 0.15) is 219 Å². The number of hydrogen-bond donors (Lipinski definition) is 3. The van der Waals surface area contributed by atoms with Gasteiger partial charge >= 0.3 is 0 Å². The number of amides is 1. The summed E-state index contributed by atoms with van der Waals surface area (Å²) in [5.74, 6) is -0.957. The van der Waals surface area contributed by atoms with Gasteiger partial charge < -0.3 is 10.4 Å². The Bertz CT molecular complexity index is 1170. The summed E-state index contributed by atoms with van der Waals surface area (Å²) in [5.41, 5.74) is 0. The summed E-state index contributed by atoms with van der Waals surface area (Å²) in [6, 6.07) is -0.999. The number of unbranched alkanes of at least 4 members (excludes halogenated alkanes) is 22. The van der Waals surface area contributed by atoms with Gasteiger partial charge in [-0.25, -0.2) is 0 Å². The van der Waals surface area contributed by atoms with Gasteiger partial charge in [-0.2, -0.15) is 8.42 Å². The maximum atomic E-state index is 12.6. The number of carbonyl (C=O) groups excluding carboxylic acids is 1. The molecule has 330 valence electrons. The first-order chi connectivity index (χ1) is 27.8. The average Bonchev–Trinajstić information content (AvgIpc) is 3.18. The molecule has 0 spiro atoms. The summed E-state index contributed by atoms with van der Waals surface area (Å²) in [6.07, 6.45) is 61.5. The second-order valence-corrected chi connectivity index (χ2v) is 17.5. The number of carbonyl (C=O) groups is 1. The van der Waals surface area contributed by atoms with E-state index in [0.717, 1.165) is 70.6 Å². The summed E-state index contributed by atoms with van der Waals surface area (Å²) >= 11 is 0. The lowest BCUT2D eigenvalue weighted by molar-refractivity contribution is -0.122. The van der Waals surface area contributed by atoms with Crippen LogP contribution in [0.15, 0.2) is 72.9 Å². The molecule has 0 aromatic heterocycles. The number of nitrogens with one attached hydrogen (secondary N) is 1. The third-order valence-electron chi connectivity index (χ3n) is 10.4. The standard InChI is InChI=1S/C50H89NO5S/c1-3-5-7-9-11-13-15-17-19-21-23-25-27-29-31-33-35-37-39-41-43-45-49(52)48(47-57(54,55)56)51-50(53)46-44-42-40-38-36-34-32-30-28-26-24-22-20-18-16-14-12-10-8-6-4-2/h6,8,12,14,18,20,24,26,30,32,36,38,48-49,52H,3-5,7,9-11,13,15-17,19,21-23,25,27-29,31,33-35,37,39-47H2,1-2H3,(H,51,53)(H,54,55,56)/b8-6-,14-12-,20-18-,26-24-,32-30-,38-36-. The smallest absolute Gasteiger partial charge is 0.266 e. The molecular weight excluding hydrogens is 727 g/mol. The third-order valence-corrected chi connectivity index (χ3v) is 11.2. The van der Waals surface area contributed by atoms with E-state index in [1.165, 1.54) is 116 Å². The van der Waals surface area contributed by atoms with E-state index in [4.69, 9.17) is 0 Å². The van der Waals surface area contributed by atoms with Gasteiger partial charge in [-0.05, 0) is 64.2 Å². The molecular formula is C50H89NO5S. The van der Waals surface area contributed by atoms with Crippen molar-refractivity contribution >= 4 is 16.0 Å². The van der Waals surface area contributed by atoms with E-state index >= 15 is 0 Å². The highest BCUT2D eigenvalue weighted by atomic mass is 32.2. The Labute approximate surface area is 353 Å². The maximum Gasteiger partial charge on any atom is 0.266 e. The second-order valence-electron chi connectivity index (χ2n) is 16.0. The van der Waals surface area contributed by atoms with Crippen LogP contribution in [-0.4, -0.2) is 41.9 Å². The summed E-state index contributed by atoms with van der Waals surface area (Å²) in [6.45, 7) is 4.43. The first kappa shape index (κ1) is 54.8. The lowest BCUT2D eigenvalue weighted by Gasteiger charge is -2.23. The molecule has 0 bridgehead atoms. The largest absolute Gasteiger partial charge is 0.391 e. The molecule has 0 radical (unpaired) electrons. The Balaban J connectivity index is 3.90. The fourth-order valence-corrected chi connectivity index (χ4v) is 7.69. The predicted molar refractivity (Wildman–Crippen MR) is 248 cm³/mol. The Kier molecular flexibility index (Phi) is 41.7. The van der Waals surface area contributed by atoms with Crippen molar-refractivity contribution in [2.24, 2.45) is 0 Å². The minimum atomic E-state index is -4.33. The van der Waals surface area contributed by atoms with Crippen LogP contribution < -0.4 is 5.32 Å². The first-order valence-electron chi connectivity index (χ1n) is 23.6. The summed E-state index contributed by atoms with van der Waals surface area (Å²) in [4.78, 5) is 12.6. The van der Waals surface area contributed by atoms with Gasteiger partial charge in [0.15, 0.2) is 0 Å². The van der Waals surface area contributed by atoms with Crippen molar-refractivity contribution < 1.29 is 22.9 Å². The van der Waals surface area contributed by atoms with Crippen molar-refractivity contribution in [3.8, 4) is 0 Å². The van der Waals surface area contributed by atoms with Crippen molar-refractivity contribution in [1.29, 1.82) is 0 Å². The second kappa shape index (κ2) is 43.4. The van der Waals surface area contributed by atoms with Crippen LogP contribution >= 0.6 is 0 Å². The van der Waals surface area contributed by atoms with E-state index in [-0.39, 0.29) is 12.3 Å². The number of rotatable bonds is 42. The van der Waals surface area contributed by atoms with E-state index in [0.29, 0.717) is 12.8 Å². The van der Waals surface area contributed by atoms with Crippen LogP contribution in [-0.2, 0) is 14.9 Å². The van der Waals surface area contributed by atoms with Crippen molar-refractivity contribution in [1.82, 2.24) is 5.32 Å². The fourth-order valence-electron chi connectivity index (χ4n) is 6.93. The van der Waals surface area contributed by atoms with Gasteiger partial charge in [-0.1, -0.05) is 222 Å². The molecule has 0 saturated heterocycles. The number of aliphatic hydroxyl groups is 1. The summed E-state index contributed by atoms with van der Waals surface area (Å²) in [5, 5.41) is 13.4. The monoisotopic (exact) mass is 816 g/mol. The molecule has 0 aromatic carbocycles. The van der Waals surface area contributed by atoms with E-state index in [2.05, 4.69) is 92.1 Å². The highest BCUT2D eigenvalue weighted by Crippen LogP contribution is 2.16. The van der Waals surface area contributed by atoms with Crippen LogP contribution in [0.25, 0.3) is 0 Å². The lowest BCUT2D eigenvalue weighted by atomic mass is 10.0. The predicted octanol–water partition coefficient (Wildman–Crippen LogP) is 14.6. The van der Waals surface area contributed by atoms with E-state index in [1.54, 1.807) is 0 Å². The normalized spacial score (nSPS) is 13.8. The molecule has 7 heteroatoms. The molecule has 2 atom stereocenters. The zero-order chi connectivity index (χ0) is 41.8. The maximum absolute atomic E-state index is 12.6. The molecule has 0 aliphatic carbocycles. The van der Waals surface area contributed by atoms with Crippen LogP contribution in [0.3, 0.4) is 0 Å². The fraction of sp³-hybridized carbons (Fsp3) is 0.740. The topological polar surface area (TPSA) is 104 Å². The van der Waals surface area contributed by atoms with Gasteiger partial charge in [0.25, 0.3) is 10.1 Å². The first-order valence-corrected chi connectivity index (χ1v) is 25.2. The molecule has 3 N–H and O–H groups in total. The molecule has 57 heavy (non-hydrogen) atoms. The molecule has 0 aliphatic heterocycles. The van der Waals surface area contributed by atoms with Crippen molar-refractivity contribution in [2.45, 2.75) is 231 Å². The van der Waals surface area contributed by atoms with Gasteiger partial charge in [0, 0.05) is 6.42 Å². The van der Waals surface area contributed by atoms with Crippen LogP contribution in [0.4, 0.5) is 0 Å². The van der Waals surface area contributed by atoms with Crippen molar-refractivity contribution in [2.75, 3.05) is 5.75 Å². The number of allylic oxidation sites excluding steroid dienone is 12. The molecule has 0 saturated carbocycles. The van der Waals surface area contributed by atoms with Gasteiger partial charge in [-0.15, -0.1) is 0 Å². The molecule has 0 aromatic rings. The van der Waals surface area contributed by atoms with Crippen LogP contribution in [0.5, 0.6) is 0 Å². The van der Waals surface area contributed by atoms with Gasteiger partial charge in [0.1, 0.15) is 0 Å². The quantitative estimate of drug-likeness (QED) is 0.0323. The molecule has 0 aliphatic rings. The van der Waals surface area contributed by atoms with E-state index in [1.807, 2.05) is 0 Å². The molecule has 0 fully saturated rings. The molecule has 1 amide bonds. The summed E-state index contributed by atoms with van der Waals surface area (Å²) < 4.78 is 32.7. The van der Waals surface area contributed by atoms with Gasteiger partial charge in [-0.3, -0.25) is 9.35 Å². The number of hydrogen-bond acceptors (Lipinski definition) is 4. The minimum absolute atomic E-state index is 0.261. The van der Waals surface area contributed by atoms with E-state index in [9.17, 15) is 22.9 Å². The Morgan fingerprint density at radius 3 is 1.21 bits per heavy atom.